The topological polar surface area (TPSA) is 9.23 Å². The molecule has 1 atom stereocenters. The van der Waals surface area contributed by atoms with Crippen LogP contribution in [0.3, 0.4) is 0 Å². The predicted octanol–water partition coefficient (Wildman–Crippen LogP) is 6.82. The molecule has 0 aliphatic heterocycles. The van der Waals surface area contributed by atoms with Crippen molar-refractivity contribution in [2.45, 2.75) is 44.9 Å². The molecule has 31 heavy (non-hydrogen) atoms. The van der Waals surface area contributed by atoms with Crippen LogP contribution in [0.2, 0.25) is 0 Å². The Bertz CT molecular complexity index is 1100. The number of hydrogen-bond donors (Lipinski definition) is 0. The molecule has 0 spiro atoms. The van der Waals surface area contributed by atoms with Crippen LogP contribution in [-0.4, -0.2) is 6.36 Å². The third-order valence-electron chi connectivity index (χ3n) is 5.73. The smallest absolute Gasteiger partial charge is 0.406 e. The first-order valence-corrected chi connectivity index (χ1v) is 10.5. The average molecular weight is 420 g/mol. The third-order valence-corrected chi connectivity index (χ3v) is 5.73. The Morgan fingerprint density at radius 3 is 2.23 bits per heavy atom. The van der Waals surface area contributed by atoms with Gasteiger partial charge >= 0.3 is 6.36 Å². The molecule has 0 aromatic heterocycles. The van der Waals surface area contributed by atoms with Crippen molar-refractivity contribution in [2.24, 2.45) is 0 Å². The van der Waals surface area contributed by atoms with Crippen molar-refractivity contribution in [3.05, 3.63) is 100 Å². The average Bonchev–Trinajstić information content (AvgIpc) is 2.77. The lowest BCUT2D eigenvalue weighted by Crippen LogP contribution is -2.16. The van der Waals surface area contributed by atoms with Crippen LogP contribution in [0.1, 0.15) is 52.6 Å². The van der Waals surface area contributed by atoms with Crippen LogP contribution in [-0.2, 0) is 19.3 Å². The Morgan fingerprint density at radius 1 is 0.871 bits per heavy atom. The van der Waals surface area contributed by atoms with Crippen LogP contribution < -0.4 is 4.74 Å². The molecule has 3 aromatic carbocycles. The zero-order chi connectivity index (χ0) is 21.8. The molecule has 158 valence electrons. The lowest BCUT2D eigenvalue weighted by atomic mass is 9.79. The number of hydrogen-bond acceptors (Lipinski definition) is 1. The predicted molar refractivity (Wildman–Crippen MR) is 116 cm³/mol. The van der Waals surface area contributed by atoms with Gasteiger partial charge in [0.1, 0.15) is 5.75 Å². The summed E-state index contributed by atoms with van der Waals surface area (Å²) in [6.45, 7) is 2.17. The molecule has 0 saturated heterocycles. The van der Waals surface area contributed by atoms with Crippen molar-refractivity contribution < 1.29 is 17.9 Å². The quantitative estimate of drug-likeness (QED) is 0.423. The van der Waals surface area contributed by atoms with E-state index in [1.807, 2.05) is 6.07 Å². The van der Waals surface area contributed by atoms with Crippen LogP contribution in [0.25, 0.3) is 0 Å². The number of ether oxygens (including phenoxy) is 1. The highest BCUT2D eigenvalue weighted by Gasteiger charge is 2.30. The molecule has 0 amide bonds. The summed E-state index contributed by atoms with van der Waals surface area (Å²) in [5.74, 6) is 6.44. The van der Waals surface area contributed by atoms with Crippen molar-refractivity contribution in [3.63, 3.8) is 0 Å². The zero-order valence-electron chi connectivity index (χ0n) is 17.3. The molecule has 1 aliphatic rings. The minimum absolute atomic E-state index is 0.245. The first-order valence-electron chi connectivity index (χ1n) is 10.5. The van der Waals surface area contributed by atoms with Crippen molar-refractivity contribution in [1.82, 2.24) is 0 Å². The van der Waals surface area contributed by atoms with E-state index in [1.165, 1.54) is 46.5 Å². The highest BCUT2D eigenvalue weighted by atomic mass is 19.4. The molecule has 0 radical (unpaired) electrons. The third kappa shape index (κ3) is 5.49. The van der Waals surface area contributed by atoms with E-state index in [1.54, 1.807) is 0 Å². The molecule has 0 fully saturated rings. The van der Waals surface area contributed by atoms with Gasteiger partial charge in [-0.1, -0.05) is 49.1 Å². The molecule has 3 aromatic rings. The molecule has 1 nitrogen and oxygen atoms in total. The monoisotopic (exact) mass is 420 g/mol. The van der Waals surface area contributed by atoms with Crippen molar-refractivity contribution >= 4 is 0 Å². The number of halogens is 3. The van der Waals surface area contributed by atoms with Crippen molar-refractivity contribution in [2.75, 3.05) is 0 Å². The Labute approximate surface area is 180 Å². The van der Waals surface area contributed by atoms with Crippen LogP contribution in [0.4, 0.5) is 13.2 Å². The van der Waals surface area contributed by atoms with Crippen LogP contribution >= 0.6 is 0 Å². The number of alkyl halides is 3. The van der Waals surface area contributed by atoms with Gasteiger partial charge in [0, 0.05) is 11.1 Å². The van der Waals surface area contributed by atoms with Gasteiger partial charge < -0.3 is 4.74 Å². The lowest BCUT2D eigenvalue weighted by Gasteiger charge is -2.25. The highest BCUT2D eigenvalue weighted by Crippen LogP contribution is 2.33. The molecule has 0 heterocycles. The Balaban J connectivity index is 1.44. The maximum absolute atomic E-state index is 12.3. The van der Waals surface area contributed by atoms with E-state index < -0.39 is 6.36 Å². The first-order chi connectivity index (χ1) is 14.9. The van der Waals surface area contributed by atoms with E-state index >= 15 is 0 Å². The fourth-order valence-corrected chi connectivity index (χ4v) is 4.03. The van der Waals surface area contributed by atoms with E-state index in [9.17, 15) is 13.2 Å². The summed E-state index contributed by atoms with van der Waals surface area (Å²) >= 11 is 0. The van der Waals surface area contributed by atoms with Gasteiger partial charge in [0.05, 0.1) is 0 Å². The number of benzene rings is 3. The second-order valence-electron chi connectivity index (χ2n) is 7.84. The summed E-state index contributed by atoms with van der Waals surface area (Å²) in [5, 5.41) is 0. The van der Waals surface area contributed by atoms with Gasteiger partial charge in [0.25, 0.3) is 0 Å². The SMILES string of the molecule is CCc1ccc(C2CCc3cc(C#Cc4ccc(OC(F)(F)F)cc4)ccc3C2)cc1. The fourth-order valence-electron chi connectivity index (χ4n) is 4.03. The Hall–Kier alpha value is -3.19. The summed E-state index contributed by atoms with van der Waals surface area (Å²) in [4.78, 5) is 0. The maximum atomic E-state index is 12.3. The fraction of sp³-hybridized carbons (Fsp3) is 0.259. The lowest BCUT2D eigenvalue weighted by molar-refractivity contribution is -0.274. The number of fused-ring (bicyclic) bond motifs is 1. The van der Waals surface area contributed by atoms with Gasteiger partial charge in [-0.15, -0.1) is 13.2 Å². The summed E-state index contributed by atoms with van der Waals surface area (Å²) in [6, 6.07) is 20.9. The summed E-state index contributed by atoms with van der Waals surface area (Å²) in [6.07, 6.45) is -0.447. The second-order valence-corrected chi connectivity index (χ2v) is 7.84. The molecular formula is C27H23F3O. The number of rotatable bonds is 3. The van der Waals surface area contributed by atoms with E-state index in [-0.39, 0.29) is 5.75 Å². The van der Waals surface area contributed by atoms with Crippen LogP contribution in [0, 0.1) is 11.8 Å². The standard InChI is InChI=1S/C27H23F3O/c1-2-19-5-10-22(11-6-19)24-14-13-23-17-21(7-12-25(23)18-24)4-3-20-8-15-26(16-9-20)31-27(28,29)30/h5-12,15-17,24H,2,13-14,18H2,1H3. The molecular weight excluding hydrogens is 397 g/mol. The Morgan fingerprint density at radius 2 is 1.55 bits per heavy atom. The van der Waals surface area contributed by atoms with E-state index in [0.717, 1.165) is 31.2 Å². The normalized spacial score (nSPS) is 15.5. The van der Waals surface area contributed by atoms with E-state index in [2.05, 4.69) is 59.9 Å². The molecule has 4 rings (SSSR count). The number of aryl methyl sites for hydroxylation is 2. The van der Waals surface area contributed by atoms with Gasteiger partial charge in [-0.25, -0.2) is 0 Å². The highest BCUT2D eigenvalue weighted by molar-refractivity contribution is 5.47. The largest absolute Gasteiger partial charge is 0.573 e. The molecule has 1 unspecified atom stereocenters. The molecule has 0 N–H and O–H groups in total. The van der Waals surface area contributed by atoms with Gasteiger partial charge in [-0.2, -0.15) is 0 Å². The van der Waals surface area contributed by atoms with Crippen molar-refractivity contribution in [3.8, 4) is 17.6 Å². The molecule has 0 bridgehead atoms. The molecule has 4 heteroatoms. The summed E-state index contributed by atoms with van der Waals surface area (Å²) < 4.78 is 40.6. The minimum atomic E-state index is -4.69. The molecule has 0 saturated carbocycles. The van der Waals surface area contributed by atoms with E-state index in [0.29, 0.717) is 11.5 Å². The summed E-state index contributed by atoms with van der Waals surface area (Å²) in [7, 11) is 0. The van der Waals surface area contributed by atoms with Gasteiger partial charge in [0.15, 0.2) is 0 Å². The van der Waals surface area contributed by atoms with Crippen LogP contribution in [0.15, 0.2) is 66.7 Å². The Kier molecular flexibility index (Phi) is 6.04. The van der Waals surface area contributed by atoms with E-state index in [4.69, 9.17) is 0 Å². The second kappa shape index (κ2) is 8.89. The van der Waals surface area contributed by atoms with Gasteiger partial charge in [-0.3, -0.25) is 0 Å². The van der Waals surface area contributed by atoms with Gasteiger partial charge in [-0.05, 0) is 90.3 Å². The van der Waals surface area contributed by atoms with Gasteiger partial charge in [0.2, 0.25) is 0 Å². The summed E-state index contributed by atoms with van der Waals surface area (Å²) in [5.41, 5.74) is 7.04. The van der Waals surface area contributed by atoms with Crippen molar-refractivity contribution in [1.29, 1.82) is 0 Å². The minimum Gasteiger partial charge on any atom is -0.406 e. The van der Waals surface area contributed by atoms with Crippen LogP contribution in [0.5, 0.6) is 5.75 Å². The first kappa shape index (κ1) is 21.1. The molecule has 1 aliphatic carbocycles. The zero-order valence-corrected chi connectivity index (χ0v) is 17.3. The maximum Gasteiger partial charge on any atom is 0.573 e.